The van der Waals surface area contributed by atoms with E-state index in [2.05, 4.69) is 31.2 Å². The predicted molar refractivity (Wildman–Crippen MR) is 88.9 cm³/mol. The molecule has 0 amide bonds. The molecule has 0 aromatic carbocycles. The van der Waals surface area contributed by atoms with E-state index in [1.807, 2.05) is 22.2 Å². The van der Waals surface area contributed by atoms with E-state index >= 15 is 0 Å². The quantitative estimate of drug-likeness (QED) is 0.721. The normalized spacial score (nSPS) is 18.4. The van der Waals surface area contributed by atoms with E-state index in [9.17, 15) is 0 Å². The van der Waals surface area contributed by atoms with Gasteiger partial charge in [-0.2, -0.15) is 9.61 Å². The first kappa shape index (κ1) is 15.1. The number of anilines is 1. The summed E-state index contributed by atoms with van der Waals surface area (Å²) in [4.78, 5) is 6.95. The van der Waals surface area contributed by atoms with Gasteiger partial charge in [0.1, 0.15) is 18.0 Å². The Hall–Kier alpha value is -2.48. The monoisotopic (exact) mass is 327 g/mol. The number of ether oxygens (including phenoxy) is 1. The molecule has 1 aliphatic rings. The summed E-state index contributed by atoms with van der Waals surface area (Å²) >= 11 is 0. The Morgan fingerprint density at radius 1 is 1.38 bits per heavy atom. The van der Waals surface area contributed by atoms with Crippen molar-refractivity contribution in [3.63, 3.8) is 0 Å². The maximum absolute atomic E-state index is 5.26. The Morgan fingerprint density at radius 3 is 3.08 bits per heavy atom. The largest absolute Gasteiger partial charge is 0.378 e. The summed E-state index contributed by atoms with van der Waals surface area (Å²) in [5.41, 5.74) is 1.77. The summed E-state index contributed by atoms with van der Waals surface area (Å²) in [5, 5.41) is 12.8. The molecule has 1 aliphatic heterocycles. The zero-order valence-electron chi connectivity index (χ0n) is 14.0. The van der Waals surface area contributed by atoms with Crippen LogP contribution in [-0.4, -0.2) is 49.6 Å². The molecule has 0 saturated carbocycles. The summed E-state index contributed by atoms with van der Waals surface area (Å²) in [6.45, 7) is 2.40. The number of rotatable bonds is 4. The number of aromatic nitrogens is 6. The Kier molecular flexibility index (Phi) is 3.89. The molecule has 126 valence electrons. The van der Waals surface area contributed by atoms with Gasteiger partial charge in [-0.05, 0) is 12.8 Å². The molecule has 1 fully saturated rings. The van der Waals surface area contributed by atoms with Crippen LogP contribution in [0.15, 0.2) is 24.7 Å². The third kappa shape index (κ3) is 2.62. The Morgan fingerprint density at radius 2 is 2.29 bits per heavy atom. The van der Waals surface area contributed by atoms with E-state index in [1.54, 1.807) is 19.6 Å². The van der Waals surface area contributed by atoms with Crippen LogP contribution in [0.2, 0.25) is 0 Å². The Balaban J connectivity index is 1.68. The van der Waals surface area contributed by atoms with Crippen LogP contribution in [-0.2, 0) is 18.4 Å². The van der Waals surface area contributed by atoms with E-state index in [-0.39, 0.29) is 0 Å². The number of fused-ring (bicyclic) bond motifs is 1. The summed E-state index contributed by atoms with van der Waals surface area (Å²) in [5.74, 6) is 2.47. The molecule has 8 heteroatoms. The van der Waals surface area contributed by atoms with Crippen LogP contribution in [0.1, 0.15) is 30.3 Å². The third-order valence-electron chi connectivity index (χ3n) is 4.54. The van der Waals surface area contributed by atoms with Crippen LogP contribution < -0.4 is 4.90 Å². The number of hydrogen-bond donors (Lipinski definition) is 0. The minimum atomic E-state index is 0.371. The maximum atomic E-state index is 5.26. The average molecular weight is 327 g/mol. The van der Waals surface area contributed by atoms with Crippen molar-refractivity contribution in [3.8, 4) is 0 Å². The molecule has 0 spiro atoms. The molecule has 4 rings (SSSR count). The molecular formula is C16H21N7O. The van der Waals surface area contributed by atoms with Crippen LogP contribution >= 0.6 is 0 Å². The van der Waals surface area contributed by atoms with E-state index in [1.165, 1.54) is 0 Å². The van der Waals surface area contributed by atoms with E-state index in [0.717, 1.165) is 48.9 Å². The number of aryl methyl sites for hydroxylation is 1. The van der Waals surface area contributed by atoms with Gasteiger partial charge in [0, 0.05) is 45.3 Å². The average Bonchev–Trinajstić information content (AvgIpc) is 3.23. The molecular weight excluding hydrogens is 306 g/mol. The zero-order valence-corrected chi connectivity index (χ0v) is 14.0. The van der Waals surface area contributed by atoms with E-state index in [0.29, 0.717) is 12.5 Å². The smallest absolute Gasteiger partial charge is 0.157 e. The number of methoxy groups -OCH3 is 1. The van der Waals surface area contributed by atoms with Gasteiger partial charge in [-0.15, -0.1) is 10.2 Å². The second-order valence-electron chi connectivity index (χ2n) is 6.23. The number of piperidine rings is 1. The summed E-state index contributed by atoms with van der Waals surface area (Å²) < 4.78 is 9.17. The predicted octanol–water partition coefficient (Wildman–Crippen LogP) is 1.39. The lowest BCUT2D eigenvalue weighted by molar-refractivity contribution is 0.181. The van der Waals surface area contributed by atoms with Crippen LogP contribution in [0.5, 0.6) is 0 Å². The summed E-state index contributed by atoms with van der Waals surface area (Å²) in [7, 11) is 3.69. The van der Waals surface area contributed by atoms with Gasteiger partial charge in [-0.3, -0.25) is 0 Å². The van der Waals surface area contributed by atoms with Crippen molar-refractivity contribution in [1.29, 1.82) is 0 Å². The van der Waals surface area contributed by atoms with Crippen molar-refractivity contribution < 1.29 is 4.74 Å². The van der Waals surface area contributed by atoms with Crippen molar-refractivity contribution in [2.45, 2.75) is 25.4 Å². The van der Waals surface area contributed by atoms with Crippen molar-refractivity contribution in [3.05, 3.63) is 36.2 Å². The molecule has 0 aliphatic carbocycles. The van der Waals surface area contributed by atoms with Gasteiger partial charge in [0.25, 0.3) is 0 Å². The number of hydrogen-bond acceptors (Lipinski definition) is 6. The topological polar surface area (TPSA) is 73.4 Å². The first-order chi connectivity index (χ1) is 11.8. The van der Waals surface area contributed by atoms with Gasteiger partial charge < -0.3 is 14.2 Å². The molecule has 3 aromatic rings. The summed E-state index contributed by atoms with van der Waals surface area (Å²) in [6.07, 6.45) is 5.79. The molecule has 1 atom stereocenters. The minimum Gasteiger partial charge on any atom is -0.378 e. The highest BCUT2D eigenvalue weighted by atomic mass is 16.5. The lowest BCUT2D eigenvalue weighted by Crippen LogP contribution is -2.36. The van der Waals surface area contributed by atoms with Gasteiger partial charge in [0.2, 0.25) is 0 Å². The number of nitrogens with zero attached hydrogens (tertiary/aromatic N) is 7. The van der Waals surface area contributed by atoms with E-state index < -0.39 is 0 Å². The Labute approximate surface area is 140 Å². The highest BCUT2D eigenvalue weighted by Gasteiger charge is 2.26. The van der Waals surface area contributed by atoms with Crippen LogP contribution in [0.4, 0.5) is 5.82 Å². The van der Waals surface area contributed by atoms with Gasteiger partial charge in [-0.1, -0.05) is 0 Å². The fourth-order valence-electron chi connectivity index (χ4n) is 3.45. The van der Waals surface area contributed by atoms with Crippen molar-refractivity contribution in [2.75, 3.05) is 25.1 Å². The molecule has 0 bridgehead atoms. The molecule has 4 heterocycles. The molecule has 1 saturated heterocycles. The van der Waals surface area contributed by atoms with Crippen LogP contribution in [0.3, 0.4) is 0 Å². The molecule has 8 nitrogen and oxygen atoms in total. The summed E-state index contributed by atoms with van der Waals surface area (Å²) in [6, 6.07) is 4.00. The Bertz CT molecular complexity index is 840. The molecule has 3 aromatic heterocycles. The standard InChI is InChI=1S/C16H21N7O/c1-21-11-17-20-16(21)12-4-3-7-22(9-12)15-8-13(10-24-2)19-14-5-6-18-23(14)15/h5-6,8,11-12H,3-4,7,9-10H2,1-2H3. The maximum Gasteiger partial charge on any atom is 0.157 e. The van der Waals surface area contributed by atoms with Gasteiger partial charge >= 0.3 is 0 Å². The van der Waals surface area contributed by atoms with Crippen LogP contribution in [0, 0.1) is 0 Å². The molecule has 0 N–H and O–H groups in total. The van der Waals surface area contributed by atoms with Gasteiger partial charge in [0.05, 0.1) is 18.5 Å². The fourth-order valence-corrected chi connectivity index (χ4v) is 3.45. The van der Waals surface area contributed by atoms with Gasteiger partial charge in [0.15, 0.2) is 5.65 Å². The second-order valence-corrected chi connectivity index (χ2v) is 6.23. The first-order valence-electron chi connectivity index (χ1n) is 8.17. The van der Waals surface area contributed by atoms with Crippen LogP contribution in [0.25, 0.3) is 5.65 Å². The highest BCUT2D eigenvalue weighted by Crippen LogP contribution is 2.29. The first-order valence-corrected chi connectivity index (χ1v) is 8.17. The zero-order chi connectivity index (χ0) is 16.5. The minimum absolute atomic E-state index is 0.371. The fraction of sp³-hybridized carbons (Fsp3) is 0.500. The van der Waals surface area contributed by atoms with E-state index in [4.69, 9.17) is 4.74 Å². The molecule has 0 radical (unpaired) electrons. The highest BCUT2D eigenvalue weighted by molar-refractivity contribution is 5.51. The van der Waals surface area contributed by atoms with Crippen molar-refractivity contribution >= 4 is 11.5 Å². The second kappa shape index (κ2) is 6.20. The lowest BCUT2D eigenvalue weighted by Gasteiger charge is -2.33. The lowest BCUT2D eigenvalue weighted by atomic mass is 9.97. The van der Waals surface area contributed by atoms with Crippen molar-refractivity contribution in [1.82, 2.24) is 29.4 Å². The third-order valence-corrected chi connectivity index (χ3v) is 4.54. The van der Waals surface area contributed by atoms with Gasteiger partial charge in [-0.25, -0.2) is 4.98 Å². The molecule has 24 heavy (non-hydrogen) atoms. The molecule has 1 unspecified atom stereocenters. The van der Waals surface area contributed by atoms with Crippen molar-refractivity contribution in [2.24, 2.45) is 7.05 Å². The SMILES string of the molecule is COCc1cc(N2CCCC(c3nncn3C)C2)n2nccc2n1.